The van der Waals surface area contributed by atoms with Crippen molar-refractivity contribution in [3.63, 3.8) is 0 Å². The van der Waals surface area contributed by atoms with E-state index in [-0.39, 0.29) is 17.1 Å². The van der Waals surface area contributed by atoms with Crippen LogP contribution in [0.25, 0.3) is 0 Å². The van der Waals surface area contributed by atoms with Crippen molar-refractivity contribution in [3.8, 4) is 0 Å². The summed E-state index contributed by atoms with van der Waals surface area (Å²) in [7, 11) is 0. The molecule has 21 heavy (non-hydrogen) atoms. The lowest BCUT2D eigenvalue weighted by Gasteiger charge is -2.07. The lowest BCUT2D eigenvalue weighted by Crippen LogP contribution is -2.12. The van der Waals surface area contributed by atoms with Crippen molar-refractivity contribution < 1.29 is 14.1 Å². The molecule has 0 aromatic heterocycles. The van der Waals surface area contributed by atoms with Gasteiger partial charge in [-0.1, -0.05) is 0 Å². The minimum absolute atomic E-state index is 0.145. The number of halogens is 2. The smallest absolute Gasteiger partial charge is 0.284 e. The van der Waals surface area contributed by atoms with Gasteiger partial charge in [0.2, 0.25) is 0 Å². The molecular formula is C14H10BrFN2O3. The highest BCUT2D eigenvalue weighted by molar-refractivity contribution is 9.10. The number of benzene rings is 2. The molecule has 2 aromatic rings. The second kappa shape index (κ2) is 6.01. The van der Waals surface area contributed by atoms with E-state index < -0.39 is 10.8 Å². The van der Waals surface area contributed by atoms with Crippen LogP contribution >= 0.6 is 15.9 Å². The van der Waals surface area contributed by atoms with Gasteiger partial charge in [0.15, 0.2) is 0 Å². The van der Waals surface area contributed by atoms with Crippen molar-refractivity contribution >= 4 is 33.2 Å². The van der Waals surface area contributed by atoms with Crippen molar-refractivity contribution in [2.45, 2.75) is 6.92 Å². The maximum atomic E-state index is 13.2. The second-order valence-corrected chi connectivity index (χ2v) is 5.20. The van der Waals surface area contributed by atoms with Crippen LogP contribution in [0.3, 0.4) is 0 Å². The largest absolute Gasteiger partial charge is 0.322 e. The predicted molar refractivity (Wildman–Crippen MR) is 79.9 cm³/mol. The molecule has 5 nitrogen and oxygen atoms in total. The molecule has 0 saturated carbocycles. The fraction of sp³-hybridized carbons (Fsp3) is 0.0714. The molecule has 2 aromatic carbocycles. The number of hydrogen-bond acceptors (Lipinski definition) is 3. The molecule has 0 aliphatic heterocycles. The van der Waals surface area contributed by atoms with Crippen LogP contribution in [-0.4, -0.2) is 10.8 Å². The minimum atomic E-state index is -0.580. The zero-order valence-corrected chi connectivity index (χ0v) is 12.5. The number of anilines is 1. The summed E-state index contributed by atoms with van der Waals surface area (Å²) in [6, 6.07) is 8.23. The number of aryl methyl sites for hydroxylation is 1. The maximum absolute atomic E-state index is 13.2. The van der Waals surface area contributed by atoms with Crippen LogP contribution < -0.4 is 5.32 Å². The number of hydrogen-bond donors (Lipinski definition) is 1. The van der Waals surface area contributed by atoms with Crippen LogP contribution in [0, 0.1) is 22.9 Å². The summed E-state index contributed by atoms with van der Waals surface area (Å²) >= 11 is 3.05. The summed E-state index contributed by atoms with van der Waals surface area (Å²) < 4.78 is 13.4. The average Bonchev–Trinajstić information content (AvgIpc) is 2.43. The molecule has 1 N–H and O–H groups in total. The van der Waals surface area contributed by atoms with E-state index in [9.17, 15) is 19.3 Å². The highest BCUT2D eigenvalue weighted by Gasteiger charge is 2.16. The Hall–Kier alpha value is -2.28. The molecule has 2 rings (SSSR count). The molecule has 1 amide bonds. The fourth-order valence-electron chi connectivity index (χ4n) is 1.72. The van der Waals surface area contributed by atoms with E-state index in [0.29, 0.717) is 15.7 Å². The molecule has 0 aliphatic rings. The first-order valence-electron chi connectivity index (χ1n) is 5.90. The number of nitro benzene ring substituents is 1. The van der Waals surface area contributed by atoms with Crippen LogP contribution in [0.1, 0.15) is 15.9 Å². The van der Waals surface area contributed by atoms with Crippen LogP contribution in [0.4, 0.5) is 15.8 Å². The van der Waals surface area contributed by atoms with Crippen molar-refractivity contribution in [2.75, 3.05) is 5.32 Å². The topological polar surface area (TPSA) is 72.2 Å². The number of nitrogens with zero attached hydrogens (tertiary/aromatic N) is 1. The first kappa shape index (κ1) is 15.1. The van der Waals surface area contributed by atoms with E-state index in [1.54, 1.807) is 6.92 Å². The molecule has 0 heterocycles. The number of nitrogens with one attached hydrogen (secondary N) is 1. The average molecular weight is 353 g/mol. The van der Waals surface area contributed by atoms with Gasteiger partial charge >= 0.3 is 0 Å². The highest BCUT2D eigenvalue weighted by Crippen LogP contribution is 2.26. The van der Waals surface area contributed by atoms with Crippen molar-refractivity contribution in [1.82, 2.24) is 0 Å². The molecule has 0 fully saturated rings. The molecule has 0 aliphatic carbocycles. The van der Waals surface area contributed by atoms with Crippen molar-refractivity contribution in [3.05, 3.63) is 67.9 Å². The Morgan fingerprint density at radius 1 is 1.29 bits per heavy atom. The normalized spacial score (nSPS) is 10.2. The van der Waals surface area contributed by atoms with Gasteiger partial charge in [-0.15, -0.1) is 0 Å². The minimum Gasteiger partial charge on any atom is -0.322 e. The maximum Gasteiger partial charge on any atom is 0.284 e. The quantitative estimate of drug-likeness (QED) is 0.668. The Kier molecular flexibility index (Phi) is 4.32. The Labute approximate surface area is 128 Å². The molecular weight excluding hydrogens is 343 g/mol. The molecule has 0 radical (unpaired) electrons. The highest BCUT2D eigenvalue weighted by atomic mass is 79.9. The molecule has 0 spiro atoms. The van der Waals surface area contributed by atoms with Gasteiger partial charge in [-0.3, -0.25) is 14.9 Å². The molecule has 0 saturated heterocycles. The van der Waals surface area contributed by atoms with Gasteiger partial charge in [0.1, 0.15) is 5.82 Å². The van der Waals surface area contributed by atoms with E-state index >= 15 is 0 Å². The number of nitro groups is 1. The lowest BCUT2D eigenvalue weighted by molar-refractivity contribution is -0.385. The van der Waals surface area contributed by atoms with Gasteiger partial charge in [0.25, 0.3) is 11.6 Å². The fourth-order valence-corrected chi connectivity index (χ4v) is 2.11. The SMILES string of the molecule is Cc1cc(NC(=O)c2ccc(Br)c([N+](=O)[O-])c2)ccc1F. The van der Waals surface area contributed by atoms with Crippen molar-refractivity contribution in [1.29, 1.82) is 0 Å². The van der Waals surface area contributed by atoms with E-state index in [2.05, 4.69) is 21.2 Å². The van der Waals surface area contributed by atoms with Crippen LogP contribution in [0.15, 0.2) is 40.9 Å². The van der Waals surface area contributed by atoms with Gasteiger partial charge in [0.05, 0.1) is 9.40 Å². The molecule has 7 heteroatoms. The summed E-state index contributed by atoms with van der Waals surface area (Å²) in [6.07, 6.45) is 0. The Morgan fingerprint density at radius 2 is 2.00 bits per heavy atom. The number of rotatable bonds is 3. The van der Waals surface area contributed by atoms with Gasteiger partial charge in [-0.2, -0.15) is 0 Å². The number of carbonyl (C=O) groups is 1. The Bertz CT molecular complexity index is 734. The molecule has 0 atom stereocenters. The van der Waals surface area contributed by atoms with Gasteiger partial charge in [0, 0.05) is 17.3 Å². The Morgan fingerprint density at radius 3 is 2.62 bits per heavy atom. The standard InChI is InChI=1S/C14H10BrFN2O3/c1-8-6-10(3-5-12(8)16)17-14(19)9-2-4-11(15)13(7-9)18(20)21/h2-7H,1H3,(H,17,19). The predicted octanol–water partition coefficient (Wildman–Crippen LogP) is 4.06. The Balaban J connectivity index is 2.26. The third-order valence-electron chi connectivity index (χ3n) is 2.82. The third kappa shape index (κ3) is 3.43. The van der Waals surface area contributed by atoms with Crippen LogP contribution in [-0.2, 0) is 0 Å². The zero-order chi connectivity index (χ0) is 15.6. The van der Waals surface area contributed by atoms with E-state index in [4.69, 9.17) is 0 Å². The number of amides is 1. The lowest BCUT2D eigenvalue weighted by atomic mass is 10.1. The summed E-state index contributed by atoms with van der Waals surface area (Å²) in [5.74, 6) is -0.871. The van der Waals surface area contributed by atoms with Crippen LogP contribution in [0.2, 0.25) is 0 Å². The van der Waals surface area contributed by atoms with Gasteiger partial charge in [-0.05, 0) is 58.7 Å². The monoisotopic (exact) mass is 352 g/mol. The number of carbonyl (C=O) groups excluding carboxylic acids is 1. The first-order chi connectivity index (χ1) is 9.88. The van der Waals surface area contributed by atoms with Gasteiger partial charge < -0.3 is 5.32 Å². The zero-order valence-electron chi connectivity index (χ0n) is 10.9. The summed E-state index contributed by atoms with van der Waals surface area (Å²) in [5.41, 5.74) is 0.767. The molecule has 108 valence electrons. The first-order valence-corrected chi connectivity index (χ1v) is 6.69. The molecule has 0 unspecified atom stereocenters. The third-order valence-corrected chi connectivity index (χ3v) is 3.49. The van der Waals surface area contributed by atoms with E-state index in [0.717, 1.165) is 0 Å². The van der Waals surface area contributed by atoms with Gasteiger partial charge in [-0.25, -0.2) is 4.39 Å². The summed E-state index contributed by atoms with van der Waals surface area (Å²) in [5, 5.41) is 13.4. The summed E-state index contributed by atoms with van der Waals surface area (Å²) in [6.45, 7) is 1.58. The molecule has 0 bridgehead atoms. The summed E-state index contributed by atoms with van der Waals surface area (Å²) in [4.78, 5) is 22.3. The van der Waals surface area contributed by atoms with Crippen molar-refractivity contribution in [2.24, 2.45) is 0 Å². The van der Waals surface area contributed by atoms with E-state index in [1.807, 2.05) is 0 Å². The van der Waals surface area contributed by atoms with E-state index in [1.165, 1.54) is 36.4 Å². The second-order valence-electron chi connectivity index (χ2n) is 4.34. The van der Waals surface area contributed by atoms with Crippen LogP contribution in [0.5, 0.6) is 0 Å².